The Kier molecular flexibility index (Phi) is 6.70. The van der Waals surface area contributed by atoms with Crippen LogP contribution in [0.5, 0.6) is 0 Å². The molecule has 0 amide bonds. The van der Waals surface area contributed by atoms with Crippen molar-refractivity contribution < 1.29 is 4.79 Å². The number of nitrogens with one attached hydrogen (secondary N) is 2. The molecule has 0 aliphatic heterocycles. The molecule has 0 radical (unpaired) electrons. The van der Waals surface area contributed by atoms with E-state index in [-0.39, 0.29) is 11.8 Å². The molecule has 78 valence electrons. The van der Waals surface area contributed by atoms with Crippen molar-refractivity contribution >= 4 is 5.78 Å². The van der Waals surface area contributed by atoms with Crippen molar-refractivity contribution in [1.29, 1.82) is 0 Å². The summed E-state index contributed by atoms with van der Waals surface area (Å²) >= 11 is 0. The molecule has 0 aliphatic rings. The van der Waals surface area contributed by atoms with Crippen molar-refractivity contribution in [1.82, 2.24) is 10.6 Å². The van der Waals surface area contributed by atoms with Crippen LogP contribution < -0.4 is 22.1 Å². The molecular weight excluding hydrogens is 168 g/mol. The Morgan fingerprint density at radius 3 is 2.46 bits per heavy atom. The summed E-state index contributed by atoms with van der Waals surface area (Å²) in [6, 6.07) is -0.0456. The van der Waals surface area contributed by atoms with E-state index in [2.05, 4.69) is 10.6 Å². The number of hydrogen-bond donors (Lipinski definition) is 4. The van der Waals surface area contributed by atoms with Gasteiger partial charge in [0, 0.05) is 0 Å². The summed E-state index contributed by atoms with van der Waals surface area (Å²) in [5, 5.41) is 5.83. The van der Waals surface area contributed by atoms with Crippen LogP contribution in [0, 0.1) is 0 Å². The molecule has 1 atom stereocenters. The number of carbonyl (C=O) groups excluding carboxylic acids is 1. The van der Waals surface area contributed by atoms with Crippen LogP contribution in [0.25, 0.3) is 0 Å². The van der Waals surface area contributed by atoms with Crippen molar-refractivity contribution in [2.75, 3.05) is 13.6 Å². The first-order valence-corrected chi connectivity index (χ1v) is 4.50. The Hall–Kier alpha value is -0.490. The summed E-state index contributed by atoms with van der Waals surface area (Å²) < 4.78 is 0. The summed E-state index contributed by atoms with van der Waals surface area (Å²) in [5.74, 6) is 0.166. The van der Waals surface area contributed by atoms with Gasteiger partial charge in [0.2, 0.25) is 0 Å². The molecule has 0 aromatic heterocycles. The van der Waals surface area contributed by atoms with E-state index in [1.807, 2.05) is 0 Å². The highest BCUT2D eigenvalue weighted by Crippen LogP contribution is 1.96. The molecule has 0 unspecified atom stereocenters. The standard InChI is InChI=1S/C8H20N4O/c1-6(13)7(11-2)4-3-5-12-8(9)10/h7-8,11-12H,3-5,9-10H2,1-2H3/t7-/m0/s1. The molecule has 0 bridgehead atoms. The predicted molar refractivity (Wildman–Crippen MR) is 52.9 cm³/mol. The molecule has 5 nitrogen and oxygen atoms in total. The Labute approximate surface area is 79.2 Å². The average molecular weight is 188 g/mol. The van der Waals surface area contributed by atoms with Gasteiger partial charge in [-0.15, -0.1) is 0 Å². The van der Waals surface area contributed by atoms with Gasteiger partial charge in [0.15, 0.2) is 0 Å². The van der Waals surface area contributed by atoms with Gasteiger partial charge in [-0.1, -0.05) is 0 Å². The van der Waals surface area contributed by atoms with Gasteiger partial charge in [-0.2, -0.15) is 0 Å². The SMILES string of the molecule is CN[C@@H](CCCNC(N)N)C(C)=O. The van der Waals surface area contributed by atoms with Crippen molar-refractivity contribution in [3.8, 4) is 0 Å². The normalized spacial score (nSPS) is 13.3. The van der Waals surface area contributed by atoms with Gasteiger partial charge in [0.1, 0.15) is 12.1 Å². The maximum Gasteiger partial charge on any atom is 0.146 e. The number of ketones is 1. The quantitative estimate of drug-likeness (QED) is 0.295. The summed E-state index contributed by atoms with van der Waals surface area (Å²) in [7, 11) is 1.79. The third kappa shape index (κ3) is 6.65. The van der Waals surface area contributed by atoms with E-state index >= 15 is 0 Å². The molecule has 0 spiro atoms. The van der Waals surface area contributed by atoms with Gasteiger partial charge in [-0.05, 0) is 33.4 Å². The Balaban J connectivity index is 3.44. The molecule has 6 N–H and O–H groups in total. The lowest BCUT2D eigenvalue weighted by Crippen LogP contribution is -2.45. The van der Waals surface area contributed by atoms with E-state index in [4.69, 9.17) is 11.5 Å². The third-order valence-corrected chi connectivity index (χ3v) is 1.89. The highest BCUT2D eigenvalue weighted by Gasteiger charge is 2.09. The number of Topliss-reactive ketones (excluding diaryl/α,β-unsaturated/α-hetero) is 1. The smallest absolute Gasteiger partial charge is 0.146 e. The van der Waals surface area contributed by atoms with E-state index < -0.39 is 6.29 Å². The fraction of sp³-hybridized carbons (Fsp3) is 0.875. The van der Waals surface area contributed by atoms with E-state index in [9.17, 15) is 4.79 Å². The van der Waals surface area contributed by atoms with Crippen molar-refractivity contribution in [2.24, 2.45) is 11.5 Å². The van der Waals surface area contributed by atoms with Crippen LogP contribution in [0.4, 0.5) is 0 Å². The predicted octanol–water partition coefficient (Wildman–Crippen LogP) is -1.27. The number of carbonyl (C=O) groups is 1. The molecule has 0 saturated carbocycles. The zero-order valence-electron chi connectivity index (χ0n) is 8.34. The fourth-order valence-electron chi connectivity index (χ4n) is 1.13. The molecule has 0 rings (SSSR count). The zero-order chi connectivity index (χ0) is 10.3. The summed E-state index contributed by atoms with van der Waals surface area (Å²) in [5.41, 5.74) is 10.6. The lowest BCUT2D eigenvalue weighted by Gasteiger charge is -2.13. The largest absolute Gasteiger partial charge is 0.311 e. The second-order valence-corrected chi connectivity index (χ2v) is 3.07. The maximum absolute atomic E-state index is 11.0. The maximum atomic E-state index is 11.0. The van der Waals surface area contributed by atoms with Gasteiger partial charge in [-0.3, -0.25) is 10.1 Å². The first-order valence-electron chi connectivity index (χ1n) is 4.50. The van der Waals surface area contributed by atoms with Gasteiger partial charge < -0.3 is 16.8 Å². The van der Waals surface area contributed by atoms with E-state index in [1.54, 1.807) is 14.0 Å². The highest BCUT2D eigenvalue weighted by atomic mass is 16.1. The first-order chi connectivity index (χ1) is 6.07. The van der Waals surface area contributed by atoms with Crippen molar-refractivity contribution in [2.45, 2.75) is 32.1 Å². The van der Waals surface area contributed by atoms with E-state index in [0.29, 0.717) is 0 Å². The minimum absolute atomic E-state index is 0.0456. The minimum Gasteiger partial charge on any atom is -0.311 e. The summed E-state index contributed by atoms with van der Waals surface area (Å²) in [4.78, 5) is 11.0. The van der Waals surface area contributed by atoms with Crippen LogP contribution in [0.2, 0.25) is 0 Å². The molecule has 5 heteroatoms. The topological polar surface area (TPSA) is 93.2 Å². The van der Waals surface area contributed by atoms with Crippen LogP contribution >= 0.6 is 0 Å². The van der Waals surface area contributed by atoms with Crippen molar-refractivity contribution in [3.05, 3.63) is 0 Å². The molecule has 0 heterocycles. The van der Waals surface area contributed by atoms with Crippen LogP contribution in [-0.4, -0.2) is 31.7 Å². The van der Waals surface area contributed by atoms with Gasteiger partial charge in [-0.25, -0.2) is 0 Å². The van der Waals surface area contributed by atoms with Crippen molar-refractivity contribution in [3.63, 3.8) is 0 Å². The van der Waals surface area contributed by atoms with E-state index in [0.717, 1.165) is 19.4 Å². The van der Waals surface area contributed by atoms with E-state index in [1.165, 1.54) is 0 Å². The second-order valence-electron chi connectivity index (χ2n) is 3.07. The highest BCUT2D eigenvalue weighted by molar-refractivity contribution is 5.81. The fourth-order valence-corrected chi connectivity index (χ4v) is 1.13. The first kappa shape index (κ1) is 12.5. The summed E-state index contributed by atoms with van der Waals surface area (Å²) in [6.07, 6.45) is 1.23. The summed E-state index contributed by atoms with van der Waals surface area (Å²) in [6.45, 7) is 2.33. The van der Waals surface area contributed by atoms with Gasteiger partial charge in [0.25, 0.3) is 0 Å². The molecule has 0 aliphatic carbocycles. The molecular formula is C8H20N4O. The molecule has 0 saturated heterocycles. The number of hydrogen-bond acceptors (Lipinski definition) is 5. The Morgan fingerprint density at radius 1 is 1.46 bits per heavy atom. The van der Waals surface area contributed by atoms with Crippen LogP contribution in [-0.2, 0) is 4.79 Å². The minimum atomic E-state index is -0.467. The van der Waals surface area contributed by atoms with Crippen LogP contribution in [0.1, 0.15) is 19.8 Å². The number of likely N-dealkylation sites (N-methyl/N-ethyl adjacent to an activating group) is 1. The third-order valence-electron chi connectivity index (χ3n) is 1.89. The van der Waals surface area contributed by atoms with Crippen LogP contribution in [0.15, 0.2) is 0 Å². The Bertz CT molecular complexity index is 149. The monoisotopic (exact) mass is 188 g/mol. The number of nitrogens with two attached hydrogens (primary N) is 2. The average Bonchev–Trinajstić information content (AvgIpc) is 2.03. The lowest BCUT2D eigenvalue weighted by atomic mass is 10.1. The van der Waals surface area contributed by atoms with Crippen LogP contribution in [0.3, 0.4) is 0 Å². The number of rotatable bonds is 7. The van der Waals surface area contributed by atoms with Gasteiger partial charge >= 0.3 is 0 Å². The van der Waals surface area contributed by atoms with Gasteiger partial charge in [0.05, 0.1) is 6.04 Å². The Morgan fingerprint density at radius 2 is 2.08 bits per heavy atom. The molecule has 0 aromatic carbocycles. The second kappa shape index (κ2) is 6.97. The molecule has 0 fully saturated rings. The lowest BCUT2D eigenvalue weighted by molar-refractivity contribution is -0.119. The molecule has 13 heavy (non-hydrogen) atoms. The molecule has 0 aromatic rings. The zero-order valence-corrected chi connectivity index (χ0v) is 8.34.